The van der Waals surface area contributed by atoms with Gasteiger partial charge in [0.2, 0.25) is 5.75 Å². The van der Waals surface area contributed by atoms with Gasteiger partial charge in [0.15, 0.2) is 5.60 Å². The molecular formula is C19H15NO7. The molecule has 0 aromatic heterocycles. The SMILES string of the molecule is CC(C)(C#Cc1ccccc1)OC(=O)Oc1cc(C(=O)O)ccc1[N+](=O)[O-]. The van der Waals surface area contributed by atoms with Gasteiger partial charge in [0.1, 0.15) is 0 Å². The van der Waals surface area contributed by atoms with Crippen molar-refractivity contribution < 1.29 is 29.1 Å². The minimum atomic E-state index is -1.32. The highest BCUT2D eigenvalue weighted by molar-refractivity contribution is 5.89. The van der Waals surface area contributed by atoms with E-state index in [1.807, 2.05) is 6.07 Å². The molecule has 2 aromatic carbocycles. The number of carboxylic acid groups (broad SMARTS) is 1. The zero-order chi connectivity index (χ0) is 20.0. The van der Waals surface area contributed by atoms with Gasteiger partial charge in [-0.15, -0.1) is 0 Å². The number of rotatable bonds is 4. The Kier molecular flexibility index (Phi) is 5.78. The molecule has 138 valence electrons. The minimum absolute atomic E-state index is 0.272. The van der Waals surface area contributed by atoms with Crippen molar-refractivity contribution in [2.75, 3.05) is 0 Å². The van der Waals surface area contributed by atoms with Gasteiger partial charge in [0, 0.05) is 17.7 Å². The molecule has 0 saturated carbocycles. The summed E-state index contributed by atoms with van der Waals surface area (Å²) in [5, 5.41) is 20.0. The van der Waals surface area contributed by atoms with Gasteiger partial charge in [-0.1, -0.05) is 30.0 Å². The Morgan fingerprint density at radius 1 is 1.15 bits per heavy atom. The van der Waals surface area contributed by atoms with Gasteiger partial charge in [-0.05, 0) is 32.0 Å². The van der Waals surface area contributed by atoms with E-state index >= 15 is 0 Å². The van der Waals surface area contributed by atoms with Gasteiger partial charge >= 0.3 is 17.8 Å². The lowest BCUT2D eigenvalue weighted by Crippen LogP contribution is -2.28. The number of nitro benzene ring substituents is 1. The molecule has 0 aliphatic carbocycles. The van der Waals surface area contributed by atoms with Crippen molar-refractivity contribution in [2.24, 2.45) is 0 Å². The van der Waals surface area contributed by atoms with Gasteiger partial charge in [0.05, 0.1) is 10.5 Å². The van der Waals surface area contributed by atoms with E-state index in [-0.39, 0.29) is 5.56 Å². The predicted octanol–water partition coefficient (Wildman–Crippen LogP) is 3.64. The van der Waals surface area contributed by atoms with E-state index in [1.54, 1.807) is 24.3 Å². The van der Waals surface area contributed by atoms with Crippen LogP contribution in [0.1, 0.15) is 29.8 Å². The summed E-state index contributed by atoms with van der Waals surface area (Å²) in [4.78, 5) is 33.3. The molecule has 0 aliphatic heterocycles. The van der Waals surface area contributed by atoms with Crippen LogP contribution in [0.3, 0.4) is 0 Å². The number of aromatic carboxylic acids is 1. The molecule has 2 rings (SSSR count). The Balaban J connectivity index is 2.17. The average molecular weight is 369 g/mol. The van der Waals surface area contributed by atoms with Gasteiger partial charge in [0.25, 0.3) is 0 Å². The van der Waals surface area contributed by atoms with Crippen LogP contribution in [-0.4, -0.2) is 27.8 Å². The summed E-state index contributed by atoms with van der Waals surface area (Å²) < 4.78 is 9.95. The highest BCUT2D eigenvalue weighted by atomic mass is 16.7. The molecular weight excluding hydrogens is 354 g/mol. The zero-order valence-corrected chi connectivity index (χ0v) is 14.5. The zero-order valence-electron chi connectivity index (χ0n) is 14.5. The highest BCUT2D eigenvalue weighted by Crippen LogP contribution is 2.29. The fraction of sp³-hybridized carbons (Fsp3) is 0.158. The first-order chi connectivity index (χ1) is 12.7. The quantitative estimate of drug-likeness (QED) is 0.287. The van der Waals surface area contributed by atoms with E-state index in [2.05, 4.69) is 11.8 Å². The number of nitro groups is 1. The molecule has 1 N–H and O–H groups in total. The average Bonchev–Trinajstić information content (AvgIpc) is 2.60. The van der Waals surface area contributed by atoms with Crippen molar-refractivity contribution >= 4 is 17.8 Å². The topological polar surface area (TPSA) is 116 Å². The molecule has 0 saturated heterocycles. The summed E-state index contributed by atoms with van der Waals surface area (Å²) in [6, 6.07) is 11.9. The van der Waals surface area contributed by atoms with Crippen LogP contribution in [-0.2, 0) is 4.74 Å². The fourth-order valence-corrected chi connectivity index (χ4v) is 1.97. The molecule has 0 atom stereocenters. The molecule has 0 fully saturated rings. The van der Waals surface area contributed by atoms with E-state index in [0.29, 0.717) is 5.56 Å². The van der Waals surface area contributed by atoms with Crippen LogP contribution in [0.2, 0.25) is 0 Å². The molecule has 0 spiro atoms. The Bertz CT molecular complexity index is 940. The van der Waals surface area contributed by atoms with Crippen LogP contribution in [0.15, 0.2) is 48.5 Å². The van der Waals surface area contributed by atoms with E-state index in [4.69, 9.17) is 14.6 Å². The van der Waals surface area contributed by atoms with Gasteiger partial charge in [-0.2, -0.15) is 0 Å². The summed E-state index contributed by atoms with van der Waals surface area (Å²) >= 11 is 0. The Labute approximate surface area is 154 Å². The third kappa shape index (κ3) is 5.57. The number of hydrogen-bond donors (Lipinski definition) is 1. The molecule has 2 aromatic rings. The Hall–Kier alpha value is -3.86. The number of benzene rings is 2. The van der Waals surface area contributed by atoms with E-state index in [9.17, 15) is 19.7 Å². The maximum atomic E-state index is 12.0. The van der Waals surface area contributed by atoms with Crippen LogP contribution in [0, 0.1) is 22.0 Å². The van der Waals surface area contributed by atoms with E-state index in [0.717, 1.165) is 18.2 Å². The monoisotopic (exact) mass is 369 g/mol. The number of nitrogens with zero attached hydrogens (tertiary/aromatic N) is 1. The van der Waals surface area contributed by atoms with Gasteiger partial charge in [-0.3, -0.25) is 10.1 Å². The van der Waals surface area contributed by atoms with Crippen molar-refractivity contribution in [2.45, 2.75) is 19.4 Å². The lowest BCUT2D eigenvalue weighted by Gasteiger charge is -2.18. The van der Waals surface area contributed by atoms with E-state index in [1.165, 1.54) is 13.8 Å². The van der Waals surface area contributed by atoms with Crippen LogP contribution in [0.4, 0.5) is 10.5 Å². The molecule has 0 aliphatic rings. The summed E-state index contributed by atoms with van der Waals surface area (Å²) in [6.45, 7) is 3.04. The number of carbonyl (C=O) groups excluding carboxylic acids is 1. The molecule has 0 amide bonds. The largest absolute Gasteiger partial charge is 0.515 e. The molecule has 0 bridgehead atoms. The molecule has 8 nitrogen and oxygen atoms in total. The van der Waals surface area contributed by atoms with Crippen LogP contribution < -0.4 is 4.74 Å². The second-order valence-corrected chi connectivity index (χ2v) is 5.83. The van der Waals surface area contributed by atoms with Gasteiger partial charge < -0.3 is 14.6 Å². The third-order valence-corrected chi connectivity index (χ3v) is 3.22. The van der Waals surface area contributed by atoms with Crippen LogP contribution >= 0.6 is 0 Å². The van der Waals surface area contributed by atoms with Crippen molar-refractivity contribution in [1.82, 2.24) is 0 Å². The lowest BCUT2D eigenvalue weighted by atomic mass is 10.1. The summed E-state index contributed by atoms with van der Waals surface area (Å²) in [5.41, 5.74) is -1.37. The molecule has 0 radical (unpaired) electrons. The summed E-state index contributed by atoms with van der Waals surface area (Å²) in [7, 11) is 0. The second-order valence-electron chi connectivity index (χ2n) is 5.83. The third-order valence-electron chi connectivity index (χ3n) is 3.22. The van der Waals surface area contributed by atoms with Crippen LogP contribution in [0.25, 0.3) is 0 Å². The first-order valence-electron chi connectivity index (χ1n) is 7.69. The predicted molar refractivity (Wildman–Crippen MR) is 94.6 cm³/mol. The smallest absolute Gasteiger partial charge is 0.478 e. The van der Waals surface area contributed by atoms with Gasteiger partial charge in [-0.25, -0.2) is 9.59 Å². The second kappa shape index (κ2) is 8.01. The first kappa shape index (κ1) is 19.5. The number of hydrogen-bond acceptors (Lipinski definition) is 6. The summed E-state index contributed by atoms with van der Waals surface area (Å²) in [5.74, 6) is 3.74. The fourth-order valence-electron chi connectivity index (χ4n) is 1.97. The standard InChI is InChI=1S/C19H15NO7/c1-19(2,11-10-13-6-4-3-5-7-13)27-18(23)26-16-12-14(17(21)22)8-9-15(16)20(24)25/h3-9,12H,1-2H3,(H,21,22). The Morgan fingerprint density at radius 3 is 2.41 bits per heavy atom. The van der Waals surface area contributed by atoms with Crippen molar-refractivity contribution in [3.63, 3.8) is 0 Å². The van der Waals surface area contributed by atoms with Crippen molar-refractivity contribution in [3.05, 3.63) is 69.8 Å². The molecule has 0 unspecified atom stereocenters. The van der Waals surface area contributed by atoms with E-state index < -0.39 is 34.1 Å². The Morgan fingerprint density at radius 2 is 1.81 bits per heavy atom. The molecule has 0 heterocycles. The highest BCUT2D eigenvalue weighted by Gasteiger charge is 2.25. The normalized spacial score (nSPS) is 10.3. The van der Waals surface area contributed by atoms with Crippen LogP contribution in [0.5, 0.6) is 5.75 Å². The maximum absolute atomic E-state index is 12.0. The maximum Gasteiger partial charge on any atom is 0.515 e. The van der Waals surface area contributed by atoms with Crippen molar-refractivity contribution in [3.8, 4) is 17.6 Å². The number of carbonyl (C=O) groups is 2. The molecule has 8 heteroatoms. The summed E-state index contributed by atoms with van der Waals surface area (Å²) in [6.07, 6.45) is -1.24. The minimum Gasteiger partial charge on any atom is -0.478 e. The number of carboxylic acids is 1. The first-order valence-corrected chi connectivity index (χ1v) is 7.69. The molecule has 27 heavy (non-hydrogen) atoms. The number of ether oxygens (including phenoxy) is 2. The van der Waals surface area contributed by atoms with Crippen molar-refractivity contribution in [1.29, 1.82) is 0 Å². The lowest BCUT2D eigenvalue weighted by molar-refractivity contribution is -0.385.